The van der Waals surface area contributed by atoms with E-state index in [4.69, 9.17) is 0 Å². The van der Waals surface area contributed by atoms with E-state index in [-0.39, 0.29) is 0 Å². The van der Waals surface area contributed by atoms with Crippen molar-refractivity contribution in [1.82, 2.24) is 19.5 Å². The summed E-state index contributed by atoms with van der Waals surface area (Å²) in [6, 6.07) is 0. The molecule has 6 nitrogen and oxygen atoms in total. The van der Waals surface area contributed by atoms with Gasteiger partial charge in [-0.3, -0.25) is 0 Å². The maximum Gasteiger partial charge on any atom is 0.135 e. The second kappa shape index (κ2) is 7.61. The standard InChI is InChI=1S/C15H24N6/c1-4-5-17-14-13(12(2)3)15(20-10-19-14)18-7-9-21-8-6-16-11-21/h6,8,10-12H,4-5,7,9H2,1-3H3,(H2,17,18,19,20). The first-order valence-corrected chi connectivity index (χ1v) is 7.50. The Labute approximate surface area is 126 Å². The molecule has 0 aromatic carbocycles. The molecule has 0 atom stereocenters. The molecule has 0 fully saturated rings. The Balaban J connectivity index is 2.06. The molecule has 0 aliphatic heterocycles. The molecule has 6 heteroatoms. The zero-order valence-corrected chi connectivity index (χ0v) is 13.0. The van der Waals surface area contributed by atoms with E-state index in [2.05, 4.69) is 46.4 Å². The molecule has 0 saturated heterocycles. The van der Waals surface area contributed by atoms with E-state index in [9.17, 15) is 0 Å². The average Bonchev–Trinajstić information content (AvgIpc) is 2.98. The molecule has 0 aliphatic rings. The molecule has 2 aromatic heterocycles. The van der Waals surface area contributed by atoms with E-state index in [1.54, 1.807) is 12.5 Å². The van der Waals surface area contributed by atoms with Crippen LogP contribution in [-0.4, -0.2) is 32.6 Å². The minimum absolute atomic E-state index is 0.362. The van der Waals surface area contributed by atoms with Crippen LogP contribution in [0, 0.1) is 0 Å². The van der Waals surface area contributed by atoms with Crippen molar-refractivity contribution in [2.45, 2.75) is 39.7 Å². The molecule has 0 bridgehead atoms. The van der Waals surface area contributed by atoms with E-state index < -0.39 is 0 Å². The molecule has 2 aromatic rings. The maximum absolute atomic E-state index is 4.40. The van der Waals surface area contributed by atoms with Gasteiger partial charge in [0.2, 0.25) is 0 Å². The van der Waals surface area contributed by atoms with Crippen molar-refractivity contribution in [2.75, 3.05) is 23.7 Å². The predicted octanol–water partition coefficient (Wildman–Crippen LogP) is 2.73. The summed E-state index contributed by atoms with van der Waals surface area (Å²) in [4.78, 5) is 12.8. The van der Waals surface area contributed by atoms with Gasteiger partial charge in [0.05, 0.1) is 6.33 Å². The van der Waals surface area contributed by atoms with Gasteiger partial charge in [-0.25, -0.2) is 15.0 Å². The number of anilines is 2. The van der Waals surface area contributed by atoms with Crippen molar-refractivity contribution in [3.05, 3.63) is 30.6 Å². The summed E-state index contributed by atoms with van der Waals surface area (Å²) >= 11 is 0. The summed E-state index contributed by atoms with van der Waals surface area (Å²) in [5.74, 6) is 2.21. The molecule has 0 radical (unpaired) electrons. The largest absolute Gasteiger partial charge is 0.370 e. The van der Waals surface area contributed by atoms with E-state index in [0.29, 0.717) is 5.92 Å². The average molecular weight is 288 g/mol. The van der Waals surface area contributed by atoms with Crippen molar-refractivity contribution in [3.8, 4) is 0 Å². The molecule has 2 N–H and O–H groups in total. The van der Waals surface area contributed by atoms with Crippen molar-refractivity contribution in [3.63, 3.8) is 0 Å². The van der Waals surface area contributed by atoms with Crippen LogP contribution < -0.4 is 10.6 Å². The van der Waals surface area contributed by atoms with Crippen LogP contribution in [0.1, 0.15) is 38.7 Å². The Morgan fingerprint density at radius 2 is 1.86 bits per heavy atom. The first kappa shape index (κ1) is 15.3. The summed E-state index contributed by atoms with van der Waals surface area (Å²) in [6.07, 6.45) is 8.25. The van der Waals surface area contributed by atoms with Crippen LogP contribution in [0.15, 0.2) is 25.0 Å². The van der Waals surface area contributed by atoms with E-state index >= 15 is 0 Å². The van der Waals surface area contributed by atoms with Gasteiger partial charge in [-0.15, -0.1) is 0 Å². The minimum Gasteiger partial charge on any atom is -0.370 e. The number of hydrogen-bond acceptors (Lipinski definition) is 5. The summed E-state index contributed by atoms with van der Waals surface area (Å²) in [5, 5.41) is 6.79. The third-order valence-electron chi connectivity index (χ3n) is 3.23. The Bertz CT molecular complexity index is 535. The molecule has 21 heavy (non-hydrogen) atoms. The number of imidazole rings is 1. The lowest BCUT2D eigenvalue weighted by Gasteiger charge is -2.17. The topological polar surface area (TPSA) is 67.7 Å². The fraction of sp³-hybridized carbons (Fsp3) is 0.533. The Morgan fingerprint density at radius 1 is 1.14 bits per heavy atom. The molecule has 2 rings (SSSR count). The lowest BCUT2D eigenvalue weighted by molar-refractivity contribution is 0.722. The van der Waals surface area contributed by atoms with E-state index in [0.717, 1.165) is 43.3 Å². The van der Waals surface area contributed by atoms with Crippen LogP contribution in [0.4, 0.5) is 11.6 Å². The number of nitrogens with zero attached hydrogens (tertiary/aromatic N) is 4. The fourth-order valence-electron chi connectivity index (χ4n) is 2.19. The van der Waals surface area contributed by atoms with Crippen LogP contribution in [0.3, 0.4) is 0 Å². The molecule has 0 aliphatic carbocycles. The van der Waals surface area contributed by atoms with Crippen molar-refractivity contribution in [2.24, 2.45) is 0 Å². The molecule has 2 heterocycles. The highest BCUT2D eigenvalue weighted by Crippen LogP contribution is 2.28. The Hall–Kier alpha value is -2.11. The minimum atomic E-state index is 0.362. The van der Waals surface area contributed by atoms with Gasteiger partial charge in [0.25, 0.3) is 0 Å². The van der Waals surface area contributed by atoms with E-state index in [1.807, 2.05) is 17.1 Å². The second-order valence-corrected chi connectivity index (χ2v) is 5.29. The van der Waals surface area contributed by atoms with Gasteiger partial charge in [0, 0.05) is 37.6 Å². The van der Waals surface area contributed by atoms with Gasteiger partial charge in [-0.1, -0.05) is 20.8 Å². The van der Waals surface area contributed by atoms with Crippen LogP contribution in [0.2, 0.25) is 0 Å². The first-order chi connectivity index (χ1) is 10.2. The third kappa shape index (κ3) is 4.18. The van der Waals surface area contributed by atoms with E-state index in [1.165, 1.54) is 0 Å². The number of hydrogen-bond donors (Lipinski definition) is 2. The first-order valence-electron chi connectivity index (χ1n) is 7.50. The lowest BCUT2D eigenvalue weighted by atomic mass is 10.0. The van der Waals surface area contributed by atoms with Crippen molar-refractivity contribution < 1.29 is 0 Å². The summed E-state index contributed by atoms with van der Waals surface area (Å²) in [5.41, 5.74) is 1.15. The van der Waals surface area contributed by atoms with Gasteiger partial charge >= 0.3 is 0 Å². The highest BCUT2D eigenvalue weighted by Gasteiger charge is 2.14. The SMILES string of the molecule is CCCNc1ncnc(NCCn2ccnc2)c1C(C)C. The smallest absolute Gasteiger partial charge is 0.135 e. The van der Waals surface area contributed by atoms with Gasteiger partial charge in [-0.2, -0.15) is 0 Å². The second-order valence-electron chi connectivity index (χ2n) is 5.29. The van der Waals surface area contributed by atoms with Crippen LogP contribution in [-0.2, 0) is 6.54 Å². The monoisotopic (exact) mass is 288 g/mol. The number of aromatic nitrogens is 4. The summed E-state index contributed by atoms with van der Waals surface area (Å²) < 4.78 is 2.04. The fourth-order valence-corrected chi connectivity index (χ4v) is 2.19. The molecule has 0 saturated carbocycles. The van der Waals surface area contributed by atoms with Crippen molar-refractivity contribution >= 4 is 11.6 Å². The molecular formula is C15H24N6. The van der Waals surface area contributed by atoms with Gasteiger partial charge in [0.1, 0.15) is 18.0 Å². The normalized spacial score (nSPS) is 10.9. The molecule has 0 amide bonds. The quantitative estimate of drug-likeness (QED) is 0.781. The maximum atomic E-state index is 4.40. The van der Waals surface area contributed by atoms with Crippen LogP contribution in [0.25, 0.3) is 0 Å². The van der Waals surface area contributed by atoms with Crippen LogP contribution >= 0.6 is 0 Å². The molecule has 114 valence electrons. The zero-order chi connectivity index (χ0) is 15.1. The molecule has 0 spiro atoms. The highest BCUT2D eigenvalue weighted by molar-refractivity contribution is 5.58. The lowest BCUT2D eigenvalue weighted by Crippen LogP contribution is -2.15. The molecule has 0 unspecified atom stereocenters. The zero-order valence-electron chi connectivity index (χ0n) is 13.0. The highest BCUT2D eigenvalue weighted by atomic mass is 15.1. The Morgan fingerprint density at radius 3 is 2.43 bits per heavy atom. The number of nitrogens with one attached hydrogen (secondary N) is 2. The molecular weight excluding hydrogens is 264 g/mol. The predicted molar refractivity (Wildman–Crippen MR) is 85.6 cm³/mol. The van der Waals surface area contributed by atoms with Gasteiger partial charge < -0.3 is 15.2 Å². The third-order valence-corrected chi connectivity index (χ3v) is 3.23. The summed E-state index contributed by atoms with van der Waals surface area (Å²) in [6.45, 7) is 9.06. The number of rotatable bonds is 8. The summed E-state index contributed by atoms with van der Waals surface area (Å²) in [7, 11) is 0. The Kier molecular flexibility index (Phi) is 5.54. The van der Waals surface area contributed by atoms with Gasteiger partial charge in [-0.05, 0) is 12.3 Å². The van der Waals surface area contributed by atoms with Gasteiger partial charge in [0.15, 0.2) is 0 Å². The van der Waals surface area contributed by atoms with Crippen molar-refractivity contribution in [1.29, 1.82) is 0 Å². The van der Waals surface area contributed by atoms with Crippen LogP contribution in [0.5, 0.6) is 0 Å².